The van der Waals surface area contributed by atoms with E-state index in [1.165, 1.54) is 6.42 Å². The van der Waals surface area contributed by atoms with Crippen molar-refractivity contribution in [2.75, 3.05) is 13.1 Å². The Bertz CT molecular complexity index is 1160. The first kappa shape index (κ1) is 23.4. The number of furan rings is 1. The molecule has 7 nitrogen and oxygen atoms in total. The van der Waals surface area contributed by atoms with Crippen LogP contribution in [-0.4, -0.2) is 46.0 Å². The number of aryl methyl sites for hydroxylation is 1. The lowest BCUT2D eigenvalue weighted by Crippen LogP contribution is -2.48. The number of benzene rings is 1. The molecule has 0 atom stereocenters. The number of likely N-dealkylation sites (tertiary alicyclic amines) is 1. The number of nitrogens with zero attached hydrogens (tertiary/aromatic N) is 3. The van der Waals surface area contributed by atoms with Crippen molar-refractivity contribution >= 4 is 45.9 Å². The van der Waals surface area contributed by atoms with Gasteiger partial charge in [-0.25, -0.2) is 0 Å². The Morgan fingerprint density at radius 1 is 1.12 bits per heavy atom. The van der Waals surface area contributed by atoms with Gasteiger partial charge in [0.05, 0.1) is 0 Å². The van der Waals surface area contributed by atoms with Gasteiger partial charge < -0.3 is 14.6 Å². The molecule has 2 amide bonds. The molecule has 3 aromatic rings. The number of para-hydroxylation sites is 1. The van der Waals surface area contributed by atoms with Gasteiger partial charge in [0, 0.05) is 41.8 Å². The third-order valence-corrected chi connectivity index (χ3v) is 8.84. The van der Waals surface area contributed by atoms with Crippen molar-refractivity contribution in [3.05, 3.63) is 40.6 Å². The van der Waals surface area contributed by atoms with Gasteiger partial charge in [-0.3, -0.25) is 9.59 Å². The molecule has 3 heterocycles. The summed E-state index contributed by atoms with van der Waals surface area (Å²) in [6.45, 7) is 3.17. The molecule has 9 heteroatoms. The fourth-order valence-electron chi connectivity index (χ4n) is 4.94. The van der Waals surface area contributed by atoms with Crippen LogP contribution in [0.1, 0.15) is 66.1 Å². The van der Waals surface area contributed by atoms with Crippen molar-refractivity contribution in [2.45, 2.75) is 68.0 Å². The molecular weight excluding hydrogens is 468 g/mol. The molecular formula is C25H30N4O3S2. The number of hydrogen-bond acceptors (Lipinski definition) is 7. The summed E-state index contributed by atoms with van der Waals surface area (Å²) < 4.78 is 6.96. The number of rotatable bonds is 6. The highest BCUT2D eigenvalue weighted by atomic mass is 32.2. The van der Waals surface area contributed by atoms with Crippen LogP contribution in [0.25, 0.3) is 11.0 Å². The van der Waals surface area contributed by atoms with Gasteiger partial charge in [0.1, 0.15) is 10.6 Å². The van der Waals surface area contributed by atoms with E-state index in [-0.39, 0.29) is 23.8 Å². The van der Waals surface area contributed by atoms with Crippen molar-refractivity contribution in [3.63, 3.8) is 0 Å². The molecule has 1 aliphatic carbocycles. The number of nitrogens with one attached hydrogen (secondary N) is 1. The largest absolute Gasteiger partial charge is 0.451 e. The van der Waals surface area contributed by atoms with Crippen LogP contribution in [-0.2, 0) is 10.5 Å². The Kier molecular flexibility index (Phi) is 7.20. The molecule has 34 heavy (non-hydrogen) atoms. The molecule has 0 radical (unpaired) electrons. The zero-order valence-corrected chi connectivity index (χ0v) is 21.1. The predicted molar refractivity (Wildman–Crippen MR) is 134 cm³/mol. The van der Waals surface area contributed by atoms with Gasteiger partial charge in [-0.05, 0) is 38.7 Å². The summed E-state index contributed by atoms with van der Waals surface area (Å²) >= 11 is 3.13. The lowest BCUT2D eigenvalue weighted by atomic mass is 9.88. The van der Waals surface area contributed by atoms with Crippen LogP contribution in [0.4, 0.5) is 0 Å². The SMILES string of the molecule is Cc1nnc(SCc2c(C(=O)N3CCC(NC(=O)C4CCCCC4)CC3)oc3ccccc23)s1. The maximum Gasteiger partial charge on any atom is 0.289 e. The van der Waals surface area contributed by atoms with Crippen LogP contribution in [0.2, 0.25) is 0 Å². The minimum Gasteiger partial charge on any atom is -0.451 e. The minimum atomic E-state index is -0.0719. The van der Waals surface area contributed by atoms with Gasteiger partial charge >= 0.3 is 0 Å². The molecule has 0 spiro atoms. The molecule has 5 rings (SSSR count). The molecule has 1 aromatic carbocycles. The first-order valence-electron chi connectivity index (χ1n) is 12.1. The fourth-order valence-corrected chi connectivity index (χ4v) is 6.78. The number of carbonyl (C=O) groups excluding carboxylic acids is 2. The van der Waals surface area contributed by atoms with E-state index >= 15 is 0 Å². The lowest BCUT2D eigenvalue weighted by Gasteiger charge is -2.33. The molecule has 180 valence electrons. The molecule has 2 aliphatic rings. The van der Waals surface area contributed by atoms with Crippen LogP contribution in [0.5, 0.6) is 0 Å². The summed E-state index contributed by atoms with van der Waals surface area (Å²) in [5.74, 6) is 1.31. The van der Waals surface area contributed by atoms with E-state index in [4.69, 9.17) is 4.42 Å². The van der Waals surface area contributed by atoms with Crippen LogP contribution < -0.4 is 5.32 Å². The zero-order valence-electron chi connectivity index (χ0n) is 19.4. The monoisotopic (exact) mass is 498 g/mol. The minimum absolute atomic E-state index is 0.0719. The smallest absolute Gasteiger partial charge is 0.289 e. The van der Waals surface area contributed by atoms with Gasteiger partial charge in [-0.2, -0.15) is 0 Å². The van der Waals surface area contributed by atoms with E-state index in [9.17, 15) is 9.59 Å². The topological polar surface area (TPSA) is 88.3 Å². The number of amides is 2. The van der Waals surface area contributed by atoms with Crippen LogP contribution >= 0.6 is 23.1 Å². The van der Waals surface area contributed by atoms with E-state index in [0.717, 1.165) is 64.4 Å². The van der Waals surface area contributed by atoms with Gasteiger partial charge in [0.2, 0.25) is 5.91 Å². The second-order valence-electron chi connectivity index (χ2n) is 9.19. The Morgan fingerprint density at radius 2 is 1.88 bits per heavy atom. The van der Waals surface area contributed by atoms with Gasteiger partial charge in [-0.1, -0.05) is 60.6 Å². The molecule has 0 bridgehead atoms. The number of carbonyl (C=O) groups is 2. The first-order valence-corrected chi connectivity index (χ1v) is 13.9. The Balaban J connectivity index is 1.25. The van der Waals surface area contributed by atoms with Crippen molar-refractivity contribution in [3.8, 4) is 0 Å². The van der Waals surface area contributed by atoms with E-state index in [1.54, 1.807) is 23.1 Å². The molecule has 1 N–H and O–H groups in total. The quantitative estimate of drug-likeness (QED) is 0.471. The van der Waals surface area contributed by atoms with Crippen LogP contribution in [0, 0.1) is 12.8 Å². The van der Waals surface area contributed by atoms with Crippen molar-refractivity contribution in [1.82, 2.24) is 20.4 Å². The van der Waals surface area contributed by atoms with Crippen molar-refractivity contribution in [1.29, 1.82) is 0 Å². The Morgan fingerprint density at radius 3 is 2.62 bits per heavy atom. The second-order valence-corrected chi connectivity index (χ2v) is 11.6. The van der Waals surface area contributed by atoms with E-state index in [0.29, 0.717) is 24.6 Å². The number of aromatic nitrogens is 2. The average Bonchev–Trinajstić information content (AvgIpc) is 3.46. The maximum atomic E-state index is 13.5. The summed E-state index contributed by atoms with van der Waals surface area (Å²) in [5, 5.41) is 13.4. The van der Waals surface area contributed by atoms with Crippen LogP contribution in [0.3, 0.4) is 0 Å². The highest BCUT2D eigenvalue weighted by molar-refractivity contribution is 8.00. The molecule has 0 unspecified atom stereocenters. The molecule has 1 aliphatic heterocycles. The highest BCUT2D eigenvalue weighted by Gasteiger charge is 2.30. The third kappa shape index (κ3) is 5.15. The highest BCUT2D eigenvalue weighted by Crippen LogP contribution is 2.34. The predicted octanol–water partition coefficient (Wildman–Crippen LogP) is 5.19. The molecule has 1 saturated carbocycles. The molecule has 2 fully saturated rings. The average molecular weight is 499 g/mol. The second kappa shape index (κ2) is 10.5. The number of thioether (sulfide) groups is 1. The van der Waals surface area contributed by atoms with E-state index < -0.39 is 0 Å². The maximum absolute atomic E-state index is 13.5. The Labute approximate surface area is 207 Å². The summed E-state index contributed by atoms with van der Waals surface area (Å²) in [7, 11) is 0. The summed E-state index contributed by atoms with van der Waals surface area (Å²) in [6.07, 6.45) is 7.12. The van der Waals surface area contributed by atoms with Crippen molar-refractivity contribution < 1.29 is 14.0 Å². The number of piperidine rings is 1. The zero-order chi connectivity index (χ0) is 23.5. The Hall–Kier alpha value is -2.39. The summed E-state index contributed by atoms with van der Waals surface area (Å²) in [4.78, 5) is 28.0. The fraction of sp³-hybridized carbons (Fsp3) is 0.520. The molecule has 1 saturated heterocycles. The van der Waals surface area contributed by atoms with Crippen LogP contribution in [0.15, 0.2) is 33.0 Å². The lowest BCUT2D eigenvalue weighted by molar-refractivity contribution is -0.126. The van der Waals surface area contributed by atoms with Gasteiger partial charge in [0.25, 0.3) is 5.91 Å². The van der Waals surface area contributed by atoms with Gasteiger partial charge in [-0.15, -0.1) is 10.2 Å². The van der Waals surface area contributed by atoms with E-state index in [2.05, 4.69) is 15.5 Å². The molecule has 2 aromatic heterocycles. The number of fused-ring (bicyclic) bond motifs is 1. The van der Waals surface area contributed by atoms with Gasteiger partial charge in [0.15, 0.2) is 10.1 Å². The number of hydrogen-bond donors (Lipinski definition) is 1. The van der Waals surface area contributed by atoms with E-state index in [1.807, 2.05) is 36.1 Å². The summed E-state index contributed by atoms with van der Waals surface area (Å²) in [6, 6.07) is 7.94. The first-order chi connectivity index (χ1) is 16.6. The normalized spacial score (nSPS) is 17.9. The standard InChI is InChI=1S/C25H30N4O3S2/c1-16-27-28-25(34-16)33-15-20-19-9-5-6-10-21(19)32-22(20)24(31)29-13-11-18(12-14-29)26-23(30)17-7-3-2-4-8-17/h5-6,9-10,17-18H,2-4,7-8,11-15H2,1H3,(H,26,30). The third-order valence-electron chi connectivity index (χ3n) is 6.84. The summed E-state index contributed by atoms with van der Waals surface area (Å²) in [5.41, 5.74) is 1.63. The van der Waals surface area contributed by atoms with Crippen molar-refractivity contribution in [2.24, 2.45) is 5.92 Å².